The molecule has 3 nitrogen and oxygen atoms in total. The Morgan fingerprint density at radius 3 is 2.38 bits per heavy atom. The van der Waals surface area contributed by atoms with Crippen LogP contribution in [-0.4, -0.2) is 5.91 Å². The summed E-state index contributed by atoms with van der Waals surface area (Å²) in [7, 11) is 0. The number of hydrogen-bond acceptors (Lipinski definition) is 2. The minimum Gasteiger partial charge on any atom is -0.343 e. The molecule has 1 amide bonds. The van der Waals surface area contributed by atoms with Crippen LogP contribution in [0.3, 0.4) is 0 Å². The van der Waals surface area contributed by atoms with Gasteiger partial charge in [0.25, 0.3) is 5.91 Å². The van der Waals surface area contributed by atoms with Crippen LogP contribution in [0.25, 0.3) is 0 Å². The second kappa shape index (κ2) is 6.10. The summed E-state index contributed by atoms with van der Waals surface area (Å²) in [4.78, 5) is 12.4. The quantitative estimate of drug-likeness (QED) is 0.905. The molecule has 0 saturated carbocycles. The summed E-state index contributed by atoms with van der Waals surface area (Å²) in [6, 6.07) is 15.6. The maximum absolute atomic E-state index is 12.4. The molecule has 21 heavy (non-hydrogen) atoms. The van der Waals surface area contributed by atoms with Crippen molar-refractivity contribution in [2.24, 2.45) is 5.73 Å². The first-order valence-corrected chi connectivity index (χ1v) is 7.11. The Labute approximate surface area is 126 Å². The first kappa shape index (κ1) is 15.3. The van der Waals surface area contributed by atoms with Crippen molar-refractivity contribution in [3.63, 3.8) is 0 Å². The predicted molar refractivity (Wildman–Crippen MR) is 86.0 cm³/mol. The molecule has 3 N–H and O–H groups in total. The lowest BCUT2D eigenvalue weighted by Gasteiger charge is -2.27. The van der Waals surface area contributed by atoms with Gasteiger partial charge in [-0.1, -0.05) is 42.0 Å². The van der Waals surface area contributed by atoms with Gasteiger partial charge >= 0.3 is 0 Å². The third-order valence-corrected chi connectivity index (χ3v) is 3.62. The molecule has 110 valence electrons. The number of nitrogens with one attached hydrogen (secondary N) is 1. The fraction of sp³-hybridized carbons (Fsp3) is 0.278. The minimum absolute atomic E-state index is 0.0786. The molecule has 0 spiro atoms. The van der Waals surface area contributed by atoms with E-state index in [2.05, 4.69) is 11.4 Å². The second-order valence-electron chi connectivity index (χ2n) is 5.85. The van der Waals surface area contributed by atoms with Crippen LogP contribution in [0, 0.1) is 6.92 Å². The van der Waals surface area contributed by atoms with E-state index in [9.17, 15) is 4.79 Å². The lowest BCUT2D eigenvalue weighted by atomic mass is 9.92. The van der Waals surface area contributed by atoms with Crippen LogP contribution < -0.4 is 11.1 Å². The van der Waals surface area contributed by atoms with Gasteiger partial charge < -0.3 is 11.1 Å². The Bertz CT molecular complexity index is 630. The Morgan fingerprint density at radius 2 is 1.81 bits per heavy atom. The molecule has 0 heterocycles. The van der Waals surface area contributed by atoms with Crippen LogP contribution in [0.1, 0.15) is 40.9 Å². The topological polar surface area (TPSA) is 55.1 Å². The molecule has 0 saturated heterocycles. The number of carbonyl (C=O) groups excluding carboxylic acids is 1. The Kier molecular flexibility index (Phi) is 4.43. The van der Waals surface area contributed by atoms with E-state index >= 15 is 0 Å². The number of aryl methyl sites for hydroxylation is 1. The number of rotatable bonds is 4. The molecule has 3 heteroatoms. The second-order valence-corrected chi connectivity index (χ2v) is 5.85. The standard InChI is InChI=1S/C18H22N2O/c1-13-5-4-6-16(11-13)18(2,3)20-17(21)15-9-7-14(12-19)8-10-15/h4-11H,12,19H2,1-3H3,(H,20,21). The van der Waals surface area contributed by atoms with Gasteiger partial charge in [-0.05, 0) is 44.0 Å². The van der Waals surface area contributed by atoms with Crippen LogP contribution in [0.2, 0.25) is 0 Å². The fourth-order valence-corrected chi connectivity index (χ4v) is 2.25. The maximum Gasteiger partial charge on any atom is 0.251 e. The minimum atomic E-state index is -0.421. The molecule has 0 unspecified atom stereocenters. The number of benzene rings is 2. The smallest absolute Gasteiger partial charge is 0.251 e. The summed E-state index contributed by atoms with van der Waals surface area (Å²) in [6.45, 7) is 6.55. The molecule has 2 rings (SSSR count). The van der Waals surface area contributed by atoms with E-state index < -0.39 is 5.54 Å². The molecule has 2 aromatic rings. The first-order valence-electron chi connectivity index (χ1n) is 7.11. The fourth-order valence-electron chi connectivity index (χ4n) is 2.25. The van der Waals surface area contributed by atoms with Crippen molar-refractivity contribution >= 4 is 5.91 Å². The molecular formula is C18H22N2O. The van der Waals surface area contributed by atoms with Gasteiger partial charge in [0.1, 0.15) is 0 Å². The zero-order chi connectivity index (χ0) is 15.5. The molecule has 0 radical (unpaired) electrons. The van der Waals surface area contributed by atoms with Crippen LogP contribution in [0.4, 0.5) is 0 Å². The number of amides is 1. The van der Waals surface area contributed by atoms with Crippen molar-refractivity contribution in [2.75, 3.05) is 0 Å². The number of carbonyl (C=O) groups is 1. The van der Waals surface area contributed by atoms with Crippen LogP contribution in [0.15, 0.2) is 48.5 Å². The zero-order valence-electron chi connectivity index (χ0n) is 12.8. The lowest BCUT2D eigenvalue weighted by Crippen LogP contribution is -2.41. The average Bonchev–Trinajstić information content (AvgIpc) is 2.47. The van der Waals surface area contributed by atoms with E-state index in [1.54, 1.807) is 0 Å². The number of nitrogens with two attached hydrogens (primary N) is 1. The van der Waals surface area contributed by atoms with Crippen molar-refractivity contribution in [3.8, 4) is 0 Å². The Hall–Kier alpha value is -2.13. The van der Waals surface area contributed by atoms with Gasteiger partial charge in [-0.3, -0.25) is 4.79 Å². The average molecular weight is 282 g/mol. The van der Waals surface area contributed by atoms with Gasteiger partial charge in [0.2, 0.25) is 0 Å². The molecule has 0 aliphatic heterocycles. The van der Waals surface area contributed by atoms with Crippen molar-refractivity contribution in [1.29, 1.82) is 0 Å². The van der Waals surface area contributed by atoms with Gasteiger partial charge in [-0.15, -0.1) is 0 Å². The van der Waals surface area contributed by atoms with Crippen molar-refractivity contribution in [1.82, 2.24) is 5.32 Å². The molecule has 0 aliphatic carbocycles. The lowest BCUT2D eigenvalue weighted by molar-refractivity contribution is 0.0912. The van der Waals surface area contributed by atoms with E-state index in [1.165, 1.54) is 5.56 Å². The van der Waals surface area contributed by atoms with E-state index in [1.807, 2.05) is 63.2 Å². The Morgan fingerprint density at radius 1 is 1.14 bits per heavy atom. The van der Waals surface area contributed by atoms with E-state index in [-0.39, 0.29) is 5.91 Å². The highest BCUT2D eigenvalue weighted by Gasteiger charge is 2.23. The van der Waals surface area contributed by atoms with Gasteiger partial charge in [0.05, 0.1) is 5.54 Å². The summed E-state index contributed by atoms with van der Waals surface area (Å²) in [5.41, 5.74) is 9.09. The molecule has 0 atom stereocenters. The SMILES string of the molecule is Cc1cccc(C(C)(C)NC(=O)c2ccc(CN)cc2)c1. The molecular weight excluding hydrogens is 260 g/mol. The van der Waals surface area contributed by atoms with Crippen LogP contribution >= 0.6 is 0 Å². The van der Waals surface area contributed by atoms with Crippen molar-refractivity contribution < 1.29 is 4.79 Å². The first-order chi connectivity index (χ1) is 9.92. The van der Waals surface area contributed by atoms with Crippen molar-refractivity contribution in [3.05, 3.63) is 70.8 Å². The molecule has 0 aliphatic rings. The summed E-state index contributed by atoms with van der Waals surface area (Å²) in [6.07, 6.45) is 0. The Balaban J connectivity index is 2.17. The highest BCUT2D eigenvalue weighted by Crippen LogP contribution is 2.21. The maximum atomic E-state index is 12.4. The largest absolute Gasteiger partial charge is 0.343 e. The molecule has 0 bridgehead atoms. The van der Waals surface area contributed by atoms with Gasteiger partial charge in [0, 0.05) is 12.1 Å². The molecule has 2 aromatic carbocycles. The summed E-state index contributed by atoms with van der Waals surface area (Å²) in [5.74, 6) is -0.0786. The van der Waals surface area contributed by atoms with E-state index in [4.69, 9.17) is 5.73 Å². The van der Waals surface area contributed by atoms with Crippen LogP contribution in [0.5, 0.6) is 0 Å². The summed E-state index contributed by atoms with van der Waals surface area (Å²) < 4.78 is 0. The monoisotopic (exact) mass is 282 g/mol. The van der Waals surface area contributed by atoms with E-state index in [0.717, 1.165) is 11.1 Å². The van der Waals surface area contributed by atoms with Gasteiger partial charge in [-0.25, -0.2) is 0 Å². The normalized spacial score (nSPS) is 11.2. The molecule has 0 fully saturated rings. The number of hydrogen-bond donors (Lipinski definition) is 2. The van der Waals surface area contributed by atoms with Gasteiger partial charge in [-0.2, -0.15) is 0 Å². The summed E-state index contributed by atoms with van der Waals surface area (Å²) >= 11 is 0. The third-order valence-electron chi connectivity index (χ3n) is 3.62. The van der Waals surface area contributed by atoms with E-state index in [0.29, 0.717) is 12.1 Å². The highest BCUT2D eigenvalue weighted by molar-refractivity contribution is 5.94. The predicted octanol–water partition coefficient (Wildman–Crippen LogP) is 3.12. The summed E-state index contributed by atoms with van der Waals surface area (Å²) in [5, 5.41) is 3.08. The van der Waals surface area contributed by atoms with Crippen LogP contribution in [-0.2, 0) is 12.1 Å². The molecule has 0 aromatic heterocycles. The van der Waals surface area contributed by atoms with Crippen molar-refractivity contribution in [2.45, 2.75) is 32.9 Å². The van der Waals surface area contributed by atoms with Gasteiger partial charge in [0.15, 0.2) is 0 Å². The highest BCUT2D eigenvalue weighted by atomic mass is 16.1. The zero-order valence-corrected chi connectivity index (χ0v) is 12.8. The third kappa shape index (κ3) is 3.70.